The highest BCUT2D eigenvalue weighted by molar-refractivity contribution is 7.46. The van der Waals surface area contributed by atoms with Gasteiger partial charge in [-0.3, -0.25) is 4.52 Å². The maximum absolute atomic E-state index is 10.7. The zero-order valence-corrected chi connectivity index (χ0v) is 13.2. The predicted octanol–water partition coefficient (Wildman–Crippen LogP) is 2.34. The van der Waals surface area contributed by atoms with Gasteiger partial charge in [0.1, 0.15) is 0 Å². The van der Waals surface area contributed by atoms with Crippen molar-refractivity contribution in [3.05, 3.63) is 0 Å². The third-order valence-corrected chi connectivity index (χ3v) is 3.16. The summed E-state index contributed by atoms with van der Waals surface area (Å²) in [5, 5.41) is 0. The molecule has 0 aliphatic carbocycles. The average molecular weight is 298 g/mol. The Morgan fingerprint density at radius 2 is 1.58 bits per heavy atom. The van der Waals surface area contributed by atoms with Gasteiger partial charge in [0, 0.05) is 13.2 Å². The lowest BCUT2D eigenvalue weighted by molar-refractivity contribution is 0.00532. The zero-order valence-electron chi connectivity index (χ0n) is 12.3. The maximum Gasteiger partial charge on any atom is 0.470 e. The smallest absolute Gasteiger partial charge is 0.379 e. The van der Waals surface area contributed by atoms with Crippen LogP contribution in [0.15, 0.2) is 0 Å². The minimum absolute atomic E-state index is 0.376. The summed E-state index contributed by atoms with van der Waals surface area (Å²) in [6.07, 6.45) is 1.44. The Labute approximate surface area is 115 Å². The van der Waals surface area contributed by atoms with E-state index >= 15 is 0 Å². The Hall–Kier alpha value is 0.0300. The summed E-state index contributed by atoms with van der Waals surface area (Å²) < 4.78 is 26.1. The molecule has 19 heavy (non-hydrogen) atoms. The van der Waals surface area contributed by atoms with E-state index in [-0.39, 0.29) is 0 Å². The lowest BCUT2D eigenvalue weighted by atomic mass is 10.1. The van der Waals surface area contributed by atoms with Crippen LogP contribution in [0.1, 0.15) is 40.5 Å². The minimum atomic E-state index is -4.45. The molecular formula is C12H27O6P. The van der Waals surface area contributed by atoms with Gasteiger partial charge < -0.3 is 19.3 Å². The van der Waals surface area contributed by atoms with Gasteiger partial charge in [-0.15, -0.1) is 0 Å². The fourth-order valence-corrected chi connectivity index (χ4v) is 2.06. The molecule has 0 rings (SSSR count). The molecule has 0 saturated carbocycles. The van der Waals surface area contributed by atoms with Crippen molar-refractivity contribution in [1.29, 1.82) is 0 Å². The molecule has 116 valence electrons. The van der Waals surface area contributed by atoms with E-state index in [0.29, 0.717) is 32.2 Å². The van der Waals surface area contributed by atoms with Crippen LogP contribution in [0, 0.1) is 5.92 Å². The van der Waals surface area contributed by atoms with Crippen LogP contribution in [-0.4, -0.2) is 41.8 Å². The van der Waals surface area contributed by atoms with Gasteiger partial charge >= 0.3 is 7.82 Å². The third-order valence-electron chi connectivity index (χ3n) is 2.43. The first-order chi connectivity index (χ1) is 8.62. The van der Waals surface area contributed by atoms with Crippen LogP contribution in [0.2, 0.25) is 0 Å². The normalized spacial score (nSPS) is 13.2. The quantitative estimate of drug-likeness (QED) is 0.450. The number of hydrogen-bond donors (Lipinski definition) is 2. The van der Waals surface area contributed by atoms with Crippen molar-refractivity contribution >= 4 is 7.82 Å². The molecule has 0 aromatic rings. The Kier molecular flexibility index (Phi) is 9.07. The first-order valence-corrected chi connectivity index (χ1v) is 8.07. The van der Waals surface area contributed by atoms with Gasteiger partial charge in [0.2, 0.25) is 0 Å². The molecule has 0 spiro atoms. The second-order valence-electron chi connectivity index (χ2n) is 5.50. The van der Waals surface area contributed by atoms with Gasteiger partial charge in [0.25, 0.3) is 0 Å². The molecule has 0 aromatic carbocycles. The molecule has 0 fully saturated rings. The van der Waals surface area contributed by atoms with Gasteiger partial charge in [-0.1, -0.05) is 13.8 Å². The standard InChI is InChI=1S/C12H27O6P/c1-11(2)5-7-16-9-10-17-8-6-12(3,4)18-19(13,14)15/h11H,5-10H2,1-4H3,(H2,13,14,15). The minimum Gasteiger partial charge on any atom is -0.379 e. The van der Waals surface area contributed by atoms with E-state index < -0.39 is 13.4 Å². The van der Waals surface area contributed by atoms with Gasteiger partial charge in [0.05, 0.1) is 18.8 Å². The van der Waals surface area contributed by atoms with Crippen LogP contribution >= 0.6 is 7.82 Å². The van der Waals surface area contributed by atoms with E-state index in [0.717, 1.165) is 13.0 Å². The summed E-state index contributed by atoms with van der Waals surface area (Å²) in [5.41, 5.74) is -0.905. The summed E-state index contributed by atoms with van der Waals surface area (Å²) in [6, 6.07) is 0. The van der Waals surface area contributed by atoms with E-state index in [1.54, 1.807) is 13.8 Å². The largest absolute Gasteiger partial charge is 0.470 e. The fourth-order valence-electron chi connectivity index (χ4n) is 1.33. The summed E-state index contributed by atoms with van der Waals surface area (Å²) in [6.45, 7) is 9.64. The van der Waals surface area contributed by atoms with Gasteiger partial charge in [0.15, 0.2) is 0 Å². The first-order valence-electron chi connectivity index (χ1n) is 6.54. The van der Waals surface area contributed by atoms with E-state index in [4.69, 9.17) is 19.3 Å². The van der Waals surface area contributed by atoms with E-state index in [2.05, 4.69) is 18.4 Å². The Morgan fingerprint density at radius 1 is 1.05 bits per heavy atom. The predicted molar refractivity (Wildman–Crippen MR) is 72.9 cm³/mol. The van der Waals surface area contributed by atoms with Crippen LogP contribution in [0.4, 0.5) is 0 Å². The van der Waals surface area contributed by atoms with Crippen LogP contribution in [0.5, 0.6) is 0 Å². The third kappa shape index (κ3) is 14.3. The Bertz CT molecular complexity index is 273. The molecule has 0 aliphatic heterocycles. The summed E-state index contributed by atoms with van der Waals surface area (Å²) in [5.74, 6) is 0.631. The first kappa shape index (κ1) is 19.0. The lowest BCUT2D eigenvalue weighted by Gasteiger charge is -2.24. The van der Waals surface area contributed by atoms with Crippen LogP contribution in [0.3, 0.4) is 0 Å². The number of phosphoric acid groups is 1. The SMILES string of the molecule is CC(C)CCOCCOCCC(C)(C)OP(=O)(O)O. The number of rotatable bonds is 11. The fraction of sp³-hybridized carbons (Fsp3) is 1.00. The molecule has 0 aliphatic rings. The molecule has 0 heterocycles. The van der Waals surface area contributed by atoms with Crippen molar-refractivity contribution in [2.45, 2.75) is 46.1 Å². The van der Waals surface area contributed by atoms with Crippen molar-refractivity contribution < 1.29 is 28.3 Å². The molecule has 0 atom stereocenters. The summed E-state index contributed by atoms with van der Waals surface area (Å²) >= 11 is 0. The molecule has 0 radical (unpaired) electrons. The number of hydrogen-bond acceptors (Lipinski definition) is 4. The Morgan fingerprint density at radius 3 is 2.05 bits per heavy atom. The van der Waals surface area contributed by atoms with E-state index in [1.165, 1.54) is 0 Å². The van der Waals surface area contributed by atoms with Crippen LogP contribution in [0.25, 0.3) is 0 Å². The zero-order chi connectivity index (χ0) is 14.9. The second-order valence-corrected chi connectivity index (χ2v) is 6.66. The topological polar surface area (TPSA) is 85.2 Å². The van der Waals surface area contributed by atoms with Crippen molar-refractivity contribution in [3.63, 3.8) is 0 Å². The molecule has 0 unspecified atom stereocenters. The molecule has 7 heteroatoms. The van der Waals surface area contributed by atoms with Crippen molar-refractivity contribution in [3.8, 4) is 0 Å². The molecule has 2 N–H and O–H groups in total. The highest BCUT2D eigenvalue weighted by Crippen LogP contribution is 2.42. The molecule has 0 bridgehead atoms. The van der Waals surface area contributed by atoms with Crippen molar-refractivity contribution in [2.75, 3.05) is 26.4 Å². The maximum atomic E-state index is 10.7. The molecular weight excluding hydrogens is 271 g/mol. The lowest BCUT2D eigenvalue weighted by Crippen LogP contribution is -2.25. The van der Waals surface area contributed by atoms with Crippen molar-refractivity contribution in [2.24, 2.45) is 5.92 Å². The van der Waals surface area contributed by atoms with Gasteiger partial charge in [-0.25, -0.2) is 4.57 Å². The molecule has 0 saturated heterocycles. The van der Waals surface area contributed by atoms with Gasteiger partial charge in [-0.05, 0) is 32.6 Å². The average Bonchev–Trinajstić information content (AvgIpc) is 2.17. The molecule has 6 nitrogen and oxygen atoms in total. The number of ether oxygens (including phenoxy) is 2. The van der Waals surface area contributed by atoms with E-state index in [9.17, 15) is 4.57 Å². The molecule has 0 aromatic heterocycles. The van der Waals surface area contributed by atoms with E-state index in [1.807, 2.05) is 0 Å². The second kappa shape index (κ2) is 9.06. The summed E-state index contributed by atoms with van der Waals surface area (Å²) in [7, 11) is -4.45. The molecule has 0 amide bonds. The highest BCUT2D eigenvalue weighted by atomic mass is 31.2. The summed E-state index contributed by atoms with van der Waals surface area (Å²) in [4.78, 5) is 17.5. The highest BCUT2D eigenvalue weighted by Gasteiger charge is 2.28. The Balaban J connectivity index is 3.51. The van der Waals surface area contributed by atoms with Crippen LogP contribution < -0.4 is 0 Å². The van der Waals surface area contributed by atoms with Crippen LogP contribution in [-0.2, 0) is 18.6 Å². The van der Waals surface area contributed by atoms with Gasteiger partial charge in [-0.2, -0.15) is 0 Å². The number of phosphoric ester groups is 1. The van der Waals surface area contributed by atoms with Crippen molar-refractivity contribution in [1.82, 2.24) is 0 Å². The monoisotopic (exact) mass is 298 g/mol.